The minimum atomic E-state index is 0.553. The first-order valence-corrected chi connectivity index (χ1v) is 8.04. The Balaban J connectivity index is 1.86. The molecule has 0 unspecified atom stereocenters. The highest BCUT2D eigenvalue weighted by Crippen LogP contribution is 2.23. The van der Waals surface area contributed by atoms with E-state index in [0.717, 1.165) is 17.6 Å². The monoisotopic (exact) mass is 290 g/mol. The van der Waals surface area contributed by atoms with Gasteiger partial charge < -0.3 is 10.2 Å². The number of aryl methyl sites for hydroxylation is 1. The van der Waals surface area contributed by atoms with E-state index in [-0.39, 0.29) is 0 Å². The van der Waals surface area contributed by atoms with Crippen LogP contribution in [0.25, 0.3) is 0 Å². The highest BCUT2D eigenvalue weighted by atomic mass is 32.1. The summed E-state index contributed by atoms with van der Waals surface area (Å²) in [6.07, 6.45) is 5.26. The van der Waals surface area contributed by atoms with Gasteiger partial charge in [0.05, 0.1) is 0 Å². The maximum Gasteiger partial charge on any atom is 0.169 e. The summed E-state index contributed by atoms with van der Waals surface area (Å²) in [5, 5.41) is 4.44. The van der Waals surface area contributed by atoms with Crippen LogP contribution in [0.1, 0.15) is 43.7 Å². The van der Waals surface area contributed by atoms with Crippen LogP contribution in [0.3, 0.4) is 0 Å². The zero-order valence-electron chi connectivity index (χ0n) is 12.9. The maximum atomic E-state index is 5.55. The molecule has 1 aromatic rings. The van der Waals surface area contributed by atoms with E-state index in [2.05, 4.69) is 55.4 Å². The van der Waals surface area contributed by atoms with Gasteiger partial charge in [0.1, 0.15) is 0 Å². The van der Waals surface area contributed by atoms with Crippen molar-refractivity contribution in [1.29, 1.82) is 0 Å². The summed E-state index contributed by atoms with van der Waals surface area (Å²) in [4.78, 5) is 2.14. The van der Waals surface area contributed by atoms with Gasteiger partial charge in [-0.1, -0.05) is 49.6 Å². The fourth-order valence-electron chi connectivity index (χ4n) is 2.84. The molecule has 0 bridgehead atoms. The van der Waals surface area contributed by atoms with Crippen molar-refractivity contribution in [2.24, 2.45) is 5.92 Å². The van der Waals surface area contributed by atoms with Gasteiger partial charge in [0.2, 0.25) is 0 Å². The van der Waals surface area contributed by atoms with Crippen LogP contribution in [0.4, 0.5) is 0 Å². The Morgan fingerprint density at radius 3 is 2.55 bits per heavy atom. The Kier molecular flexibility index (Phi) is 5.41. The third-order valence-corrected chi connectivity index (χ3v) is 4.74. The topological polar surface area (TPSA) is 15.3 Å². The molecule has 110 valence electrons. The van der Waals surface area contributed by atoms with Crippen LogP contribution in [-0.4, -0.2) is 23.1 Å². The lowest BCUT2D eigenvalue weighted by Crippen LogP contribution is -2.46. The highest BCUT2D eigenvalue weighted by molar-refractivity contribution is 7.80. The molecule has 1 N–H and O–H groups in total. The van der Waals surface area contributed by atoms with Crippen molar-refractivity contribution in [3.63, 3.8) is 0 Å². The average Bonchev–Trinajstić information content (AvgIpc) is 2.44. The van der Waals surface area contributed by atoms with Crippen molar-refractivity contribution in [3.8, 4) is 0 Å². The SMILES string of the molecule is Cc1ccc(CN(C)C(=S)N[C@@H]2CCCC[C@@H]2C)cc1. The zero-order chi connectivity index (χ0) is 14.5. The molecule has 0 spiro atoms. The molecule has 2 nitrogen and oxygen atoms in total. The molecule has 3 heteroatoms. The Morgan fingerprint density at radius 1 is 1.25 bits per heavy atom. The predicted octanol–water partition coefficient (Wildman–Crippen LogP) is 3.88. The van der Waals surface area contributed by atoms with Gasteiger partial charge in [-0.3, -0.25) is 0 Å². The van der Waals surface area contributed by atoms with Gasteiger partial charge >= 0.3 is 0 Å². The van der Waals surface area contributed by atoms with Gasteiger partial charge in [0.25, 0.3) is 0 Å². The molecule has 0 aliphatic heterocycles. The second kappa shape index (κ2) is 7.07. The summed E-state index contributed by atoms with van der Waals surface area (Å²) >= 11 is 5.55. The fourth-order valence-corrected chi connectivity index (χ4v) is 3.05. The van der Waals surface area contributed by atoms with Crippen molar-refractivity contribution in [3.05, 3.63) is 35.4 Å². The number of nitrogens with zero attached hydrogens (tertiary/aromatic N) is 1. The van der Waals surface area contributed by atoms with Gasteiger partial charge in [0, 0.05) is 19.6 Å². The van der Waals surface area contributed by atoms with Crippen molar-refractivity contribution in [2.75, 3.05) is 7.05 Å². The molecule has 0 aromatic heterocycles. The minimum absolute atomic E-state index is 0.553. The highest BCUT2D eigenvalue weighted by Gasteiger charge is 2.22. The third-order valence-electron chi connectivity index (χ3n) is 4.31. The first-order chi connectivity index (χ1) is 9.56. The van der Waals surface area contributed by atoms with E-state index in [0.29, 0.717) is 6.04 Å². The van der Waals surface area contributed by atoms with Crippen LogP contribution in [-0.2, 0) is 6.54 Å². The van der Waals surface area contributed by atoms with Crippen LogP contribution < -0.4 is 5.32 Å². The maximum absolute atomic E-state index is 5.55. The van der Waals surface area contributed by atoms with E-state index in [9.17, 15) is 0 Å². The third kappa shape index (κ3) is 4.20. The molecule has 1 fully saturated rings. The van der Waals surface area contributed by atoms with Crippen molar-refractivity contribution in [2.45, 2.75) is 52.1 Å². The molecule has 2 atom stereocenters. The van der Waals surface area contributed by atoms with E-state index < -0.39 is 0 Å². The Labute approximate surface area is 128 Å². The van der Waals surface area contributed by atoms with Gasteiger partial charge in [-0.2, -0.15) is 0 Å². The summed E-state index contributed by atoms with van der Waals surface area (Å²) < 4.78 is 0. The van der Waals surface area contributed by atoms with Gasteiger partial charge in [-0.25, -0.2) is 0 Å². The first-order valence-electron chi connectivity index (χ1n) is 7.63. The lowest BCUT2D eigenvalue weighted by molar-refractivity contribution is 0.300. The zero-order valence-corrected chi connectivity index (χ0v) is 13.7. The lowest BCUT2D eigenvalue weighted by atomic mass is 9.86. The fraction of sp³-hybridized carbons (Fsp3) is 0.588. The van der Waals surface area contributed by atoms with Crippen molar-refractivity contribution < 1.29 is 0 Å². The second-order valence-electron chi connectivity index (χ2n) is 6.16. The molecular formula is C17H26N2S. The Hall–Kier alpha value is -1.09. The smallest absolute Gasteiger partial charge is 0.169 e. The minimum Gasteiger partial charge on any atom is -0.360 e. The van der Waals surface area contributed by atoms with E-state index in [1.54, 1.807) is 0 Å². The molecule has 1 aliphatic rings. The molecule has 0 heterocycles. The van der Waals surface area contributed by atoms with Gasteiger partial charge in [0.15, 0.2) is 5.11 Å². The van der Waals surface area contributed by atoms with Crippen LogP contribution in [0.5, 0.6) is 0 Å². The Bertz CT molecular complexity index is 441. The molecule has 2 rings (SSSR count). The molecule has 1 saturated carbocycles. The van der Waals surface area contributed by atoms with Crippen LogP contribution in [0.2, 0.25) is 0 Å². The van der Waals surface area contributed by atoms with Crippen LogP contribution >= 0.6 is 12.2 Å². The van der Waals surface area contributed by atoms with E-state index >= 15 is 0 Å². The lowest BCUT2D eigenvalue weighted by Gasteiger charge is -2.33. The molecule has 0 saturated heterocycles. The summed E-state index contributed by atoms with van der Waals surface area (Å²) in [6.45, 7) is 5.32. The second-order valence-corrected chi connectivity index (χ2v) is 6.55. The molecule has 0 amide bonds. The number of hydrogen-bond donors (Lipinski definition) is 1. The summed E-state index contributed by atoms with van der Waals surface area (Å²) in [5.41, 5.74) is 2.60. The van der Waals surface area contributed by atoms with Crippen molar-refractivity contribution >= 4 is 17.3 Å². The molecule has 0 radical (unpaired) electrons. The van der Waals surface area contributed by atoms with Gasteiger partial charge in [-0.15, -0.1) is 0 Å². The number of hydrogen-bond acceptors (Lipinski definition) is 1. The summed E-state index contributed by atoms with van der Waals surface area (Å²) in [6, 6.07) is 9.22. The molecular weight excluding hydrogens is 264 g/mol. The number of benzene rings is 1. The van der Waals surface area contributed by atoms with Crippen LogP contribution in [0.15, 0.2) is 24.3 Å². The number of nitrogens with one attached hydrogen (secondary N) is 1. The summed E-state index contributed by atoms with van der Waals surface area (Å²) in [7, 11) is 2.07. The molecule has 20 heavy (non-hydrogen) atoms. The molecule has 1 aromatic carbocycles. The standard InChI is InChI=1S/C17H26N2S/c1-13-8-10-15(11-9-13)12-19(3)17(20)18-16-7-5-4-6-14(16)2/h8-11,14,16H,4-7,12H2,1-3H3,(H,18,20)/t14-,16+/m0/s1. The van der Waals surface area contributed by atoms with Gasteiger partial charge in [-0.05, 0) is 43.5 Å². The largest absolute Gasteiger partial charge is 0.360 e. The quantitative estimate of drug-likeness (QED) is 0.851. The normalized spacial score (nSPS) is 22.4. The van der Waals surface area contributed by atoms with E-state index in [4.69, 9.17) is 12.2 Å². The van der Waals surface area contributed by atoms with E-state index in [1.807, 2.05) is 0 Å². The predicted molar refractivity (Wildman–Crippen MR) is 89.8 cm³/mol. The molecule has 1 aliphatic carbocycles. The average molecular weight is 290 g/mol. The first kappa shape index (κ1) is 15.3. The van der Waals surface area contributed by atoms with Crippen molar-refractivity contribution in [1.82, 2.24) is 10.2 Å². The van der Waals surface area contributed by atoms with E-state index in [1.165, 1.54) is 36.8 Å². The Morgan fingerprint density at radius 2 is 1.90 bits per heavy atom. The number of rotatable bonds is 3. The van der Waals surface area contributed by atoms with Crippen LogP contribution in [0, 0.1) is 12.8 Å². The number of thiocarbonyl (C=S) groups is 1. The summed E-state index contributed by atoms with van der Waals surface area (Å²) in [5.74, 6) is 0.731.